The molecule has 0 aliphatic carbocycles. The predicted octanol–water partition coefficient (Wildman–Crippen LogP) is 5.39. The molecular formula is C26H35NO4S. The lowest BCUT2D eigenvalue weighted by molar-refractivity contribution is 0.0626. The van der Waals surface area contributed by atoms with Crippen molar-refractivity contribution < 1.29 is 17.4 Å². The standard InChI is InChI=1S/C26H35NO4S/c1-3-4-18-32(29,30)31-26(22-14-9-6-10-15-22)20-24-17-11-16-23(27(24)2)19-25(28)21-12-7-5-8-13-21/h5-10,12-15,23-24,26H,3-4,11,16-20H2,1-2H3/t23-,24+,26+/m1/s1. The van der Waals surface area contributed by atoms with Crippen LogP contribution < -0.4 is 0 Å². The van der Waals surface area contributed by atoms with Crippen molar-refractivity contribution >= 4 is 15.9 Å². The number of hydrogen-bond donors (Lipinski definition) is 0. The third-order valence-corrected chi connectivity index (χ3v) is 7.73. The molecule has 32 heavy (non-hydrogen) atoms. The van der Waals surface area contributed by atoms with Crippen molar-refractivity contribution in [2.75, 3.05) is 12.8 Å². The molecule has 174 valence electrons. The Morgan fingerprint density at radius 3 is 2.31 bits per heavy atom. The van der Waals surface area contributed by atoms with Gasteiger partial charge in [0.1, 0.15) is 6.10 Å². The van der Waals surface area contributed by atoms with Crippen molar-refractivity contribution in [1.82, 2.24) is 4.90 Å². The Bertz CT molecular complexity index is 946. The Balaban J connectivity index is 1.71. The molecule has 0 unspecified atom stereocenters. The van der Waals surface area contributed by atoms with Crippen LogP contribution in [0.1, 0.15) is 73.9 Å². The van der Waals surface area contributed by atoms with Gasteiger partial charge in [-0.05, 0) is 38.3 Å². The topological polar surface area (TPSA) is 63.7 Å². The van der Waals surface area contributed by atoms with Gasteiger partial charge in [0, 0.05) is 24.1 Å². The lowest BCUT2D eigenvalue weighted by Gasteiger charge is -2.40. The van der Waals surface area contributed by atoms with Gasteiger partial charge >= 0.3 is 0 Å². The highest BCUT2D eigenvalue weighted by atomic mass is 32.2. The summed E-state index contributed by atoms with van der Waals surface area (Å²) in [6, 6.07) is 19.3. The zero-order valence-electron chi connectivity index (χ0n) is 19.2. The molecule has 6 heteroatoms. The Morgan fingerprint density at radius 2 is 1.66 bits per heavy atom. The van der Waals surface area contributed by atoms with E-state index in [0.29, 0.717) is 19.3 Å². The molecule has 1 fully saturated rings. The molecule has 0 saturated carbocycles. The Morgan fingerprint density at radius 1 is 1.03 bits per heavy atom. The van der Waals surface area contributed by atoms with E-state index in [1.165, 1.54) is 0 Å². The second-order valence-corrected chi connectivity index (χ2v) is 10.5. The first-order valence-corrected chi connectivity index (χ1v) is 13.2. The zero-order valence-corrected chi connectivity index (χ0v) is 20.0. The van der Waals surface area contributed by atoms with E-state index >= 15 is 0 Å². The molecule has 0 aromatic heterocycles. The fourth-order valence-corrected chi connectivity index (χ4v) is 5.75. The van der Waals surface area contributed by atoms with Crippen molar-refractivity contribution in [3.05, 3.63) is 71.8 Å². The summed E-state index contributed by atoms with van der Waals surface area (Å²) in [5.74, 6) is 0.197. The van der Waals surface area contributed by atoms with Gasteiger partial charge in [-0.3, -0.25) is 13.9 Å². The number of piperidine rings is 1. The van der Waals surface area contributed by atoms with E-state index in [1.807, 2.05) is 67.6 Å². The largest absolute Gasteiger partial charge is 0.300 e. The van der Waals surface area contributed by atoms with Crippen LogP contribution in [0.5, 0.6) is 0 Å². The summed E-state index contributed by atoms with van der Waals surface area (Å²) in [4.78, 5) is 15.0. The molecular weight excluding hydrogens is 422 g/mol. The number of rotatable bonds is 11. The van der Waals surface area contributed by atoms with E-state index in [4.69, 9.17) is 4.18 Å². The fraction of sp³-hybridized carbons (Fsp3) is 0.500. The lowest BCUT2D eigenvalue weighted by atomic mass is 9.88. The number of Topliss-reactive ketones (excluding diaryl/α,β-unsaturated/α-hetero) is 1. The summed E-state index contributed by atoms with van der Waals surface area (Å²) in [6.45, 7) is 1.97. The minimum Gasteiger partial charge on any atom is -0.300 e. The van der Waals surface area contributed by atoms with Gasteiger partial charge in [-0.25, -0.2) is 0 Å². The maximum Gasteiger partial charge on any atom is 0.267 e. The molecule has 3 atom stereocenters. The van der Waals surface area contributed by atoms with Gasteiger partial charge in [0.15, 0.2) is 5.78 Å². The number of likely N-dealkylation sites (tertiary alicyclic amines) is 1. The summed E-state index contributed by atoms with van der Waals surface area (Å²) < 4.78 is 30.9. The molecule has 2 aromatic carbocycles. The number of ketones is 1. The molecule has 2 aromatic rings. The van der Waals surface area contributed by atoms with E-state index in [2.05, 4.69) is 11.9 Å². The quantitative estimate of drug-likeness (QED) is 0.334. The molecule has 1 aliphatic heterocycles. The normalized spacial score (nSPS) is 20.7. The van der Waals surface area contributed by atoms with Crippen LogP contribution in [-0.2, 0) is 14.3 Å². The van der Waals surface area contributed by atoms with Crippen molar-refractivity contribution in [2.24, 2.45) is 0 Å². The third-order valence-electron chi connectivity index (χ3n) is 6.41. The smallest absolute Gasteiger partial charge is 0.267 e. The highest BCUT2D eigenvalue weighted by molar-refractivity contribution is 7.86. The van der Waals surface area contributed by atoms with Crippen LogP contribution in [0.15, 0.2) is 60.7 Å². The third kappa shape index (κ3) is 6.99. The van der Waals surface area contributed by atoms with Gasteiger partial charge in [-0.15, -0.1) is 0 Å². The number of carbonyl (C=O) groups excluding carboxylic acids is 1. The average Bonchev–Trinajstić information content (AvgIpc) is 2.81. The van der Waals surface area contributed by atoms with Gasteiger partial charge in [0.05, 0.1) is 5.75 Å². The molecule has 0 bridgehead atoms. The molecule has 0 N–H and O–H groups in total. The number of unbranched alkanes of at least 4 members (excludes halogenated alkanes) is 1. The van der Waals surface area contributed by atoms with Crippen molar-refractivity contribution in [2.45, 2.75) is 70.1 Å². The molecule has 1 aliphatic rings. The van der Waals surface area contributed by atoms with E-state index < -0.39 is 16.2 Å². The Labute approximate surface area is 192 Å². The molecule has 1 saturated heterocycles. The number of benzene rings is 2. The number of nitrogens with zero attached hydrogens (tertiary/aromatic N) is 1. The first-order chi connectivity index (χ1) is 15.4. The maximum absolute atomic E-state index is 12.8. The second kappa shape index (κ2) is 11.7. The summed E-state index contributed by atoms with van der Waals surface area (Å²) in [5, 5.41) is 0. The number of carbonyl (C=O) groups is 1. The lowest BCUT2D eigenvalue weighted by Crippen LogP contribution is -2.45. The highest BCUT2D eigenvalue weighted by Gasteiger charge is 2.33. The molecule has 3 rings (SSSR count). The van der Waals surface area contributed by atoms with Gasteiger partial charge in [-0.2, -0.15) is 8.42 Å². The maximum atomic E-state index is 12.8. The van der Waals surface area contributed by atoms with Crippen LogP contribution in [0.4, 0.5) is 0 Å². The van der Waals surface area contributed by atoms with E-state index in [-0.39, 0.29) is 23.6 Å². The first-order valence-electron chi connectivity index (χ1n) is 11.7. The van der Waals surface area contributed by atoms with Gasteiger partial charge in [-0.1, -0.05) is 80.4 Å². The number of hydrogen-bond acceptors (Lipinski definition) is 5. The van der Waals surface area contributed by atoms with Crippen molar-refractivity contribution in [3.63, 3.8) is 0 Å². The van der Waals surface area contributed by atoms with Crippen molar-refractivity contribution in [3.8, 4) is 0 Å². The van der Waals surface area contributed by atoms with Crippen LogP contribution in [0.2, 0.25) is 0 Å². The van der Waals surface area contributed by atoms with Gasteiger partial charge in [0.25, 0.3) is 10.1 Å². The van der Waals surface area contributed by atoms with Crippen LogP contribution in [0.25, 0.3) is 0 Å². The molecule has 0 spiro atoms. The fourth-order valence-electron chi connectivity index (χ4n) is 4.47. The van der Waals surface area contributed by atoms with E-state index in [1.54, 1.807) is 0 Å². The highest BCUT2D eigenvalue weighted by Crippen LogP contribution is 2.33. The van der Waals surface area contributed by atoms with Crippen LogP contribution >= 0.6 is 0 Å². The SMILES string of the molecule is CCCCS(=O)(=O)O[C@@H](C[C@@H]1CCC[C@H](CC(=O)c2ccccc2)N1C)c1ccccc1. The van der Waals surface area contributed by atoms with Crippen LogP contribution in [-0.4, -0.2) is 44.0 Å². The summed E-state index contributed by atoms with van der Waals surface area (Å²) in [5.41, 5.74) is 1.62. The predicted molar refractivity (Wildman–Crippen MR) is 128 cm³/mol. The van der Waals surface area contributed by atoms with Crippen molar-refractivity contribution in [1.29, 1.82) is 0 Å². The minimum atomic E-state index is -3.60. The first kappa shape index (κ1) is 24.6. The van der Waals surface area contributed by atoms with Crippen LogP contribution in [0.3, 0.4) is 0 Å². The van der Waals surface area contributed by atoms with E-state index in [9.17, 15) is 13.2 Å². The minimum absolute atomic E-state index is 0.0432. The van der Waals surface area contributed by atoms with E-state index in [0.717, 1.165) is 36.8 Å². The summed E-state index contributed by atoms with van der Waals surface area (Å²) in [6.07, 6.45) is 4.90. The molecule has 0 amide bonds. The molecule has 1 heterocycles. The summed E-state index contributed by atoms with van der Waals surface area (Å²) in [7, 11) is -1.54. The van der Waals surface area contributed by atoms with Gasteiger partial charge < -0.3 is 0 Å². The average molecular weight is 458 g/mol. The summed E-state index contributed by atoms with van der Waals surface area (Å²) >= 11 is 0. The Kier molecular flexibility index (Phi) is 9.02. The molecule has 0 radical (unpaired) electrons. The Hall–Kier alpha value is -2.02. The zero-order chi connectivity index (χ0) is 23.0. The van der Waals surface area contributed by atoms with Gasteiger partial charge in [0.2, 0.25) is 0 Å². The second-order valence-electron chi connectivity index (χ2n) is 8.74. The molecule has 5 nitrogen and oxygen atoms in total. The van der Waals surface area contributed by atoms with Crippen LogP contribution in [0, 0.1) is 0 Å². The monoisotopic (exact) mass is 457 g/mol.